The van der Waals surface area contributed by atoms with Crippen LogP contribution in [0.1, 0.15) is 12.8 Å². The first-order valence-corrected chi connectivity index (χ1v) is 4.60. The number of hydrogen-bond donors (Lipinski definition) is 3. The van der Waals surface area contributed by atoms with Crippen LogP contribution in [0.15, 0.2) is 4.99 Å². The number of nitrogens with zero attached hydrogens (tertiary/aromatic N) is 1. The highest BCUT2D eigenvalue weighted by atomic mass is 15.1. The number of aliphatic imine (C=N–C) groups is 1. The number of amidine groups is 1. The van der Waals surface area contributed by atoms with Crippen LogP contribution < -0.4 is 16.4 Å². The molecular weight excluding hydrogens is 152 g/mol. The van der Waals surface area contributed by atoms with Crippen LogP contribution in [0, 0.1) is 0 Å². The van der Waals surface area contributed by atoms with Gasteiger partial charge in [0.1, 0.15) is 5.84 Å². The van der Waals surface area contributed by atoms with Gasteiger partial charge in [-0.15, -0.1) is 0 Å². The molecule has 0 bridgehead atoms. The van der Waals surface area contributed by atoms with Crippen molar-refractivity contribution < 1.29 is 0 Å². The Hall–Kier alpha value is -0.610. The van der Waals surface area contributed by atoms with E-state index in [-0.39, 0.29) is 5.54 Å². The second-order valence-corrected chi connectivity index (χ2v) is 3.53. The van der Waals surface area contributed by atoms with Crippen LogP contribution in [-0.4, -0.2) is 37.6 Å². The van der Waals surface area contributed by atoms with E-state index < -0.39 is 0 Å². The highest BCUT2D eigenvalue weighted by molar-refractivity contribution is 5.90. The fourth-order valence-corrected chi connectivity index (χ4v) is 2.00. The third-order valence-corrected chi connectivity index (χ3v) is 2.80. The fraction of sp³-hybridized carbons (Fsp3) is 0.875. The summed E-state index contributed by atoms with van der Waals surface area (Å²) in [5.41, 5.74) is 5.94. The van der Waals surface area contributed by atoms with Gasteiger partial charge in [0.2, 0.25) is 0 Å². The molecule has 0 aromatic rings. The summed E-state index contributed by atoms with van der Waals surface area (Å²) in [6.45, 7) is 3.90. The van der Waals surface area contributed by atoms with Crippen molar-refractivity contribution in [3.05, 3.63) is 0 Å². The van der Waals surface area contributed by atoms with Crippen molar-refractivity contribution in [3.8, 4) is 0 Å². The Morgan fingerprint density at radius 2 is 2.00 bits per heavy atom. The first-order chi connectivity index (χ1) is 5.83. The van der Waals surface area contributed by atoms with Gasteiger partial charge in [-0.3, -0.25) is 4.99 Å². The molecule has 0 saturated carbocycles. The molecule has 0 aliphatic carbocycles. The van der Waals surface area contributed by atoms with Crippen molar-refractivity contribution in [2.24, 2.45) is 10.7 Å². The molecular formula is C8H16N4. The van der Waals surface area contributed by atoms with Crippen LogP contribution in [0.2, 0.25) is 0 Å². The standard InChI is InChI=1S/C8H16N4/c9-7-8(12-6-5-11-7)1-3-10-4-2-8/h10,12H,1-6H2,(H2,9,11). The van der Waals surface area contributed by atoms with Gasteiger partial charge in [0, 0.05) is 6.54 Å². The molecule has 0 radical (unpaired) electrons. The third kappa shape index (κ3) is 1.21. The predicted octanol–water partition coefficient (Wildman–Crippen LogP) is -0.931. The molecule has 1 spiro atoms. The van der Waals surface area contributed by atoms with Crippen molar-refractivity contribution in [2.75, 3.05) is 26.2 Å². The Bertz CT molecular complexity index is 193. The lowest BCUT2D eigenvalue weighted by atomic mass is 9.86. The average Bonchev–Trinajstić information content (AvgIpc) is 2.12. The Kier molecular flexibility index (Phi) is 2.02. The monoisotopic (exact) mass is 168 g/mol. The summed E-state index contributed by atoms with van der Waals surface area (Å²) >= 11 is 0. The molecule has 2 aliphatic rings. The van der Waals surface area contributed by atoms with E-state index in [1.54, 1.807) is 0 Å². The molecule has 4 N–H and O–H groups in total. The summed E-state index contributed by atoms with van der Waals surface area (Å²) in [6, 6.07) is 0. The van der Waals surface area contributed by atoms with Gasteiger partial charge in [-0.25, -0.2) is 0 Å². The maximum absolute atomic E-state index is 5.90. The fourth-order valence-electron chi connectivity index (χ4n) is 2.00. The number of nitrogens with one attached hydrogen (secondary N) is 2. The maximum atomic E-state index is 5.90. The van der Waals surface area contributed by atoms with Crippen molar-refractivity contribution in [3.63, 3.8) is 0 Å². The molecule has 0 unspecified atom stereocenters. The van der Waals surface area contributed by atoms with Crippen LogP contribution in [0.4, 0.5) is 0 Å². The first kappa shape index (κ1) is 8.01. The lowest BCUT2D eigenvalue weighted by molar-refractivity contribution is 0.316. The van der Waals surface area contributed by atoms with E-state index >= 15 is 0 Å². The molecule has 0 aromatic heterocycles. The number of rotatable bonds is 0. The van der Waals surface area contributed by atoms with E-state index in [1.807, 2.05) is 0 Å². The van der Waals surface area contributed by atoms with Crippen LogP contribution in [0.5, 0.6) is 0 Å². The zero-order valence-corrected chi connectivity index (χ0v) is 7.27. The van der Waals surface area contributed by atoms with Gasteiger partial charge in [-0.2, -0.15) is 0 Å². The zero-order valence-electron chi connectivity index (χ0n) is 7.27. The molecule has 2 aliphatic heterocycles. The number of hydrogen-bond acceptors (Lipinski definition) is 4. The van der Waals surface area contributed by atoms with Gasteiger partial charge in [0.05, 0.1) is 12.1 Å². The van der Waals surface area contributed by atoms with Crippen molar-refractivity contribution >= 4 is 5.84 Å². The van der Waals surface area contributed by atoms with Gasteiger partial charge in [-0.05, 0) is 25.9 Å². The normalized spacial score (nSPS) is 28.5. The minimum atomic E-state index is 0.0312. The molecule has 68 valence electrons. The number of nitrogens with two attached hydrogens (primary N) is 1. The molecule has 0 aromatic carbocycles. The Morgan fingerprint density at radius 3 is 2.67 bits per heavy atom. The smallest absolute Gasteiger partial charge is 0.114 e. The Morgan fingerprint density at radius 1 is 1.25 bits per heavy atom. The lowest BCUT2D eigenvalue weighted by Crippen LogP contribution is -2.62. The molecule has 2 heterocycles. The van der Waals surface area contributed by atoms with Gasteiger partial charge in [-0.1, -0.05) is 0 Å². The van der Waals surface area contributed by atoms with Crippen molar-refractivity contribution in [1.82, 2.24) is 10.6 Å². The molecule has 1 saturated heterocycles. The van der Waals surface area contributed by atoms with Gasteiger partial charge in [0.25, 0.3) is 0 Å². The quantitative estimate of drug-likeness (QED) is 0.438. The summed E-state index contributed by atoms with van der Waals surface area (Å²) in [5, 5.41) is 6.81. The summed E-state index contributed by atoms with van der Waals surface area (Å²) < 4.78 is 0. The minimum Gasteiger partial charge on any atom is -0.386 e. The van der Waals surface area contributed by atoms with E-state index in [0.717, 1.165) is 44.9 Å². The van der Waals surface area contributed by atoms with Crippen LogP contribution in [-0.2, 0) is 0 Å². The van der Waals surface area contributed by atoms with E-state index in [0.29, 0.717) is 0 Å². The molecule has 2 rings (SSSR count). The molecule has 12 heavy (non-hydrogen) atoms. The largest absolute Gasteiger partial charge is 0.386 e. The molecule has 1 fully saturated rings. The summed E-state index contributed by atoms with van der Waals surface area (Å²) in [4.78, 5) is 4.31. The lowest BCUT2D eigenvalue weighted by Gasteiger charge is -2.40. The Balaban J connectivity index is 2.16. The Labute approximate surface area is 72.6 Å². The minimum absolute atomic E-state index is 0.0312. The van der Waals surface area contributed by atoms with E-state index in [9.17, 15) is 0 Å². The van der Waals surface area contributed by atoms with Crippen LogP contribution >= 0.6 is 0 Å². The van der Waals surface area contributed by atoms with Gasteiger partial charge < -0.3 is 16.4 Å². The second kappa shape index (κ2) is 3.03. The molecule has 0 atom stereocenters. The van der Waals surface area contributed by atoms with Crippen LogP contribution in [0.25, 0.3) is 0 Å². The van der Waals surface area contributed by atoms with Crippen LogP contribution in [0.3, 0.4) is 0 Å². The molecule has 4 heteroatoms. The topological polar surface area (TPSA) is 62.4 Å². The van der Waals surface area contributed by atoms with E-state index in [4.69, 9.17) is 5.73 Å². The highest BCUT2D eigenvalue weighted by Crippen LogP contribution is 2.20. The van der Waals surface area contributed by atoms with Gasteiger partial charge >= 0.3 is 0 Å². The van der Waals surface area contributed by atoms with E-state index in [1.165, 1.54) is 0 Å². The molecule has 4 nitrogen and oxygen atoms in total. The predicted molar refractivity (Wildman–Crippen MR) is 49.3 cm³/mol. The van der Waals surface area contributed by atoms with Crippen molar-refractivity contribution in [2.45, 2.75) is 18.4 Å². The summed E-state index contributed by atoms with van der Waals surface area (Å²) in [5.74, 6) is 0.815. The maximum Gasteiger partial charge on any atom is 0.114 e. The van der Waals surface area contributed by atoms with Crippen molar-refractivity contribution in [1.29, 1.82) is 0 Å². The first-order valence-electron chi connectivity index (χ1n) is 4.60. The SMILES string of the molecule is NC1=NCCNC12CCNCC2. The third-order valence-electron chi connectivity index (χ3n) is 2.80. The molecule has 0 amide bonds. The average molecular weight is 168 g/mol. The van der Waals surface area contributed by atoms with Gasteiger partial charge in [0.15, 0.2) is 0 Å². The highest BCUT2D eigenvalue weighted by Gasteiger charge is 2.36. The summed E-state index contributed by atoms with van der Waals surface area (Å²) in [7, 11) is 0. The second-order valence-electron chi connectivity index (χ2n) is 3.53. The van der Waals surface area contributed by atoms with E-state index in [2.05, 4.69) is 15.6 Å². The summed E-state index contributed by atoms with van der Waals surface area (Å²) in [6.07, 6.45) is 2.14. The zero-order chi connectivity index (χ0) is 8.44. The number of piperidine rings is 1.